The van der Waals surface area contributed by atoms with Gasteiger partial charge >= 0.3 is 0 Å². The number of rotatable bonds is 7. The number of aromatic nitrogens is 1. The van der Waals surface area contributed by atoms with Crippen molar-refractivity contribution in [1.29, 1.82) is 5.26 Å². The van der Waals surface area contributed by atoms with Crippen LogP contribution in [0.4, 0.5) is 4.39 Å². The van der Waals surface area contributed by atoms with E-state index in [4.69, 9.17) is 4.74 Å². The summed E-state index contributed by atoms with van der Waals surface area (Å²) < 4.78 is 21.7. The molecule has 2 aromatic carbocycles. The molecule has 2 aliphatic rings. The largest absolute Gasteiger partial charge is 0.487 e. The van der Waals surface area contributed by atoms with Crippen molar-refractivity contribution >= 4 is 12.1 Å². The molecule has 35 heavy (non-hydrogen) atoms. The van der Waals surface area contributed by atoms with Crippen LogP contribution < -0.4 is 4.74 Å². The molecule has 1 amide bonds. The lowest BCUT2D eigenvalue weighted by atomic mass is 9.99. The van der Waals surface area contributed by atoms with Gasteiger partial charge in [0.15, 0.2) is 11.6 Å². The summed E-state index contributed by atoms with van der Waals surface area (Å²) >= 11 is 0. The molecule has 7 nitrogen and oxygen atoms in total. The average molecular weight is 471 g/mol. The molecule has 0 spiro atoms. The minimum absolute atomic E-state index is 0.0325. The number of carbonyl (C=O) groups excluding carboxylic acids is 1. The average Bonchev–Trinajstić information content (AvgIpc) is 3.56. The second-order valence-electron chi connectivity index (χ2n) is 8.73. The van der Waals surface area contributed by atoms with Crippen LogP contribution in [0.25, 0.3) is 11.1 Å². The molecule has 1 N–H and O–H groups in total. The summed E-state index contributed by atoms with van der Waals surface area (Å²) in [6.07, 6.45) is 4.90. The Morgan fingerprint density at radius 2 is 2.14 bits per heavy atom. The minimum atomic E-state index is -0.712. The van der Waals surface area contributed by atoms with Gasteiger partial charge in [-0.15, -0.1) is 0 Å². The Balaban J connectivity index is 1.46. The number of benzene rings is 2. The Morgan fingerprint density at radius 3 is 2.89 bits per heavy atom. The first-order valence-electron chi connectivity index (χ1n) is 11.4. The highest BCUT2D eigenvalue weighted by Crippen LogP contribution is 2.39. The Bertz CT molecular complexity index is 1390. The van der Waals surface area contributed by atoms with Crippen molar-refractivity contribution < 1.29 is 19.0 Å². The van der Waals surface area contributed by atoms with Crippen molar-refractivity contribution in [2.45, 2.75) is 38.6 Å². The molecule has 2 heterocycles. The summed E-state index contributed by atoms with van der Waals surface area (Å²) in [7, 11) is 1.61. The van der Waals surface area contributed by atoms with E-state index in [0.717, 1.165) is 29.5 Å². The lowest BCUT2D eigenvalue weighted by molar-refractivity contribution is 0.0778. The summed E-state index contributed by atoms with van der Waals surface area (Å²) in [6, 6.07) is 12.1. The van der Waals surface area contributed by atoms with Crippen LogP contribution in [0.5, 0.6) is 5.75 Å². The van der Waals surface area contributed by atoms with E-state index >= 15 is 4.39 Å². The predicted octanol–water partition coefficient (Wildman–Crippen LogP) is 4.00. The molecule has 1 aliphatic heterocycles. The molecular formula is C27H23FN4O3. The number of aliphatic hydroxyl groups excluding tert-OH is 1. The van der Waals surface area contributed by atoms with Gasteiger partial charge in [0.2, 0.25) is 0 Å². The van der Waals surface area contributed by atoms with Gasteiger partial charge in [-0.1, -0.05) is 12.1 Å². The molecule has 1 fully saturated rings. The van der Waals surface area contributed by atoms with Gasteiger partial charge in [0.05, 0.1) is 42.1 Å². The number of pyridine rings is 1. The third-order valence-electron chi connectivity index (χ3n) is 6.21. The van der Waals surface area contributed by atoms with Gasteiger partial charge < -0.3 is 14.7 Å². The van der Waals surface area contributed by atoms with E-state index in [2.05, 4.69) is 16.0 Å². The highest BCUT2D eigenvalue weighted by Gasteiger charge is 2.30. The zero-order valence-corrected chi connectivity index (χ0v) is 19.2. The number of amides is 1. The fraction of sp³-hybridized carbons (Fsp3) is 0.259. The SMILES string of the molecule is CN(Cc1cnc(CO)c2c1CN=C2)C(=O)c1ccc(-c2cccc(C#N)c2)c(OC2CC2)c1F. The summed E-state index contributed by atoms with van der Waals surface area (Å²) in [4.78, 5) is 23.3. The molecule has 5 rings (SSSR count). The predicted molar refractivity (Wildman–Crippen MR) is 127 cm³/mol. The van der Waals surface area contributed by atoms with Crippen molar-refractivity contribution in [3.8, 4) is 22.9 Å². The van der Waals surface area contributed by atoms with E-state index in [1.807, 2.05) is 0 Å². The van der Waals surface area contributed by atoms with Crippen LogP contribution >= 0.6 is 0 Å². The highest BCUT2D eigenvalue weighted by atomic mass is 19.1. The molecule has 0 bridgehead atoms. The van der Waals surface area contributed by atoms with E-state index < -0.39 is 11.7 Å². The molecule has 1 saturated carbocycles. The zero-order chi connectivity index (χ0) is 24.5. The fourth-order valence-corrected chi connectivity index (χ4v) is 4.19. The monoisotopic (exact) mass is 470 g/mol. The van der Waals surface area contributed by atoms with Gasteiger partial charge in [0, 0.05) is 37.1 Å². The van der Waals surface area contributed by atoms with Gasteiger partial charge in [-0.2, -0.15) is 5.26 Å². The number of ether oxygens (including phenoxy) is 1. The molecule has 0 saturated heterocycles. The molecule has 8 heteroatoms. The maximum atomic E-state index is 15.8. The first kappa shape index (κ1) is 22.7. The lowest BCUT2D eigenvalue weighted by Gasteiger charge is -2.21. The normalized spacial score (nSPS) is 13.9. The van der Waals surface area contributed by atoms with Crippen molar-refractivity contribution in [1.82, 2.24) is 9.88 Å². The third-order valence-corrected chi connectivity index (χ3v) is 6.21. The number of fused-ring (bicyclic) bond motifs is 1. The van der Waals surface area contributed by atoms with E-state index in [1.165, 1.54) is 11.0 Å². The number of carbonyl (C=O) groups is 1. The van der Waals surface area contributed by atoms with E-state index in [0.29, 0.717) is 28.9 Å². The van der Waals surface area contributed by atoms with E-state index in [-0.39, 0.29) is 30.6 Å². The van der Waals surface area contributed by atoms with Crippen molar-refractivity contribution in [2.24, 2.45) is 4.99 Å². The molecule has 0 atom stereocenters. The molecule has 1 aromatic heterocycles. The Kier molecular flexibility index (Phi) is 6.01. The van der Waals surface area contributed by atoms with Gasteiger partial charge in [0.1, 0.15) is 0 Å². The molecule has 0 unspecified atom stereocenters. The van der Waals surface area contributed by atoms with Gasteiger partial charge in [-0.3, -0.25) is 14.8 Å². The maximum Gasteiger partial charge on any atom is 0.257 e. The Morgan fingerprint density at radius 1 is 1.31 bits per heavy atom. The number of nitriles is 1. The number of aliphatic imine (C=N–C) groups is 1. The number of hydrogen-bond donors (Lipinski definition) is 1. The van der Waals surface area contributed by atoms with Gasteiger partial charge in [-0.05, 0) is 53.8 Å². The molecular weight excluding hydrogens is 447 g/mol. The number of halogens is 1. The molecule has 1 aliphatic carbocycles. The second-order valence-corrected chi connectivity index (χ2v) is 8.73. The lowest BCUT2D eigenvalue weighted by Crippen LogP contribution is -2.28. The standard InChI is InChI=1S/C27H23FN4O3/c1-32(14-18-11-31-24(15-33)23-13-30-12-22(18)23)27(34)21-8-7-20(17-4-2-3-16(9-17)10-29)26(25(21)28)35-19-5-6-19/h2-4,7-9,11,13,19,33H,5-6,12,14-15H2,1H3. The van der Waals surface area contributed by atoms with Crippen LogP contribution in [0, 0.1) is 17.1 Å². The fourth-order valence-electron chi connectivity index (χ4n) is 4.19. The molecule has 176 valence electrons. The first-order chi connectivity index (χ1) is 17.0. The quantitative estimate of drug-likeness (QED) is 0.563. The van der Waals surface area contributed by atoms with Crippen LogP contribution in [-0.4, -0.2) is 40.3 Å². The molecule has 3 aromatic rings. The summed E-state index contributed by atoms with van der Waals surface area (Å²) in [5.74, 6) is -1.17. The summed E-state index contributed by atoms with van der Waals surface area (Å²) in [5, 5.41) is 18.8. The number of nitrogens with zero attached hydrogens (tertiary/aromatic N) is 4. The van der Waals surface area contributed by atoms with Crippen LogP contribution in [0.2, 0.25) is 0 Å². The molecule has 0 radical (unpaired) electrons. The summed E-state index contributed by atoms with van der Waals surface area (Å²) in [5.41, 5.74) is 4.55. The number of aliphatic hydroxyl groups is 1. The van der Waals surface area contributed by atoms with Crippen LogP contribution in [0.3, 0.4) is 0 Å². The zero-order valence-electron chi connectivity index (χ0n) is 19.2. The van der Waals surface area contributed by atoms with Crippen LogP contribution in [-0.2, 0) is 19.7 Å². The summed E-state index contributed by atoms with van der Waals surface area (Å²) in [6.45, 7) is 0.474. The van der Waals surface area contributed by atoms with E-state index in [1.54, 1.807) is 49.8 Å². The minimum Gasteiger partial charge on any atom is -0.487 e. The van der Waals surface area contributed by atoms with Crippen LogP contribution in [0.1, 0.15) is 51.1 Å². The smallest absolute Gasteiger partial charge is 0.257 e. The van der Waals surface area contributed by atoms with Gasteiger partial charge in [0.25, 0.3) is 5.91 Å². The third kappa shape index (κ3) is 4.38. The number of hydrogen-bond acceptors (Lipinski definition) is 6. The van der Waals surface area contributed by atoms with E-state index in [9.17, 15) is 15.2 Å². The maximum absolute atomic E-state index is 15.8. The topological polar surface area (TPSA) is 98.8 Å². The highest BCUT2D eigenvalue weighted by molar-refractivity contribution is 5.96. The Labute approximate surface area is 202 Å². The first-order valence-corrected chi connectivity index (χ1v) is 11.4. The second kappa shape index (κ2) is 9.28. The van der Waals surface area contributed by atoms with Crippen LogP contribution in [0.15, 0.2) is 47.6 Å². The van der Waals surface area contributed by atoms with Crippen molar-refractivity contribution in [2.75, 3.05) is 7.05 Å². The van der Waals surface area contributed by atoms with Crippen molar-refractivity contribution in [3.63, 3.8) is 0 Å². The van der Waals surface area contributed by atoms with Gasteiger partial charge in [-0.25, -0.2) is 4.39 Å². The van der Waals surface area contributed by atoms with Crippen molar-refractivity contribution in [3.05, 3.63) is 81.9 Å². The Hall–Kier alpha value is -4.09.